The van der Waals surface area contributed by atoms with E-state index in [9.17, 15) is 9.59 Å². The quantitative estimate of drug-likeness (QED) is 0.616. The van der Waals surface area contributed by atoms with Crippen LogP contribution in [0.15, 0.2) is 36.4 Å². The molecule has 1 aliphatic heterocycles. The van der Waals surface area contributed by atoms with E-state index >= 15 is 0 Å². The average Bonchev–Trinajstić information content (AvgIpc) is 2.80. The van der Waals surface area contributed by atoms with E-state index in [0.29, 0.717) is 53.9 Å². The highest BCUT2D eigenvalue weighted by molar-refractivity contribution is 6.32. The van der Waals surface area contributed by atoms with Crippen LogP contribution in [0.5, 0.6) is 11.5 Å². The zero-order valence-corrected chi connectivity index (χ0v) is 20.3. The first kappa shape index (κ1) is 24.9. The fourth-order valence-corrected chi connectivity index (χ4v) is 4.04. The first-order valence-corrected chi connectivity index (χ1v) is 11.5. The van der Waals surface area contributed by atoms with Crippen molar-refractivity contribution in [3.05, 3.63) is 58.1 Å². The Bertz CT molecular complexity index is 970. The van der Waals surface area contributed by atoms with E-state index < -0.39 is 0 Å². The largest absolute Gasteiger partial charge is 0.493 e. The molecule has 7 nitrogen and oxygen atoms in total. The summed E-state index contributed by atoms with van der Waals surface area (Å²) in [7, 11) is 1.51. The number of ether oxygens (including phenoxy) is 3. The van der Waals surface area contributed by atoms with Crippen molar-refractivity contribution in [1.29, 1.82) is 0 Å². The molecule has 0 radical (unpaired) electrons. The molecule has 0 aliphatic carbocycles. The number of morpholine rings is 1. The Morgan fingerprint density at radius 2 is 1.79 bits per heavy atom. The number of amides is 2. The number of carbonyl (C=O) groups is 2. The summed E-state index contributed by atoms with van der Waals surface area (Å²) in [6.45, 7) is 7.90. The van der Waals surface area contributed by atoms with Gasteiger partial charge in [-0.2, -0.15) is 0 Å². The van der Waals surface area contributed by atoms with Crippen LogP contribution >= 0.6 is 11.6 Å². The summed E-state index contributed by atoms with van der Waals surface area (Å²) in [5.41, 5.74) is 1.87. The zero-order valence-electron chi connectivity index (χ0n) is 19.5. The number of carbonyl (C=O) groups excluding carboxylic acids is 2. The number of hydrogen-bond acceptors (Lipinski definition) is 5. The Kier molecular flexibility index (Phi) is 8.58. The Morgan fingerprint density at radius 1 is 1.12 bits per heavy atom. The van der Waals surface area contributed by atoms with Gasteiger partial charge in [0.05, 0.1) is 30.9 Å². The Balaban J connectivity index is 1.61. The van der Waals surface area contributed by atoms with Crippen LogP contribution in [0.2, 0.25) is 5.02 Å². The molecule has 1 saturated heterocycles. The highest BCUT2D eigenvalue weighted by Gasteiger charge is 2.26. The number of halogens is 1. The molecule has 178 valence electrons. The second-order valence-electron chi connectivity index (χ2n) is 8.18. The topological polar surface area (TPSA) is 77.1 Å². The Morgan fingerprint density at radius 3 is 2.39 bits per heavy atom. The van der Waals surface area contributed by atoms with E-state index in [0.717, 1.165) is 12.0 Å². The van der Waals surface area contributed by atoms with E-state index in [-0.39, 0.29) is 24.0 Å². The molecule has 0 saturated carbocycles. The highest BCUT2D eigenvalue weighted by Crippen LogP contribution is 2.36. The van der Waals surface area contributed by atoms with Gasteiger partial charge in [-0.15, -0.1) is 0 Å². The van der Waals surface area contributed by atoms with Gasteiger partial charge in [0.25, 0.3) is 11.8 Å². The molecule has 2 atom stereocenters. The minimum absolute atomic E-state index is 0.0142. The molecule has 0 bridgehead atoms. The molecular weight excluding hydrogens is 444 g/mol. The van der Waals surface area contributed by atoms with E-state index in [1.54, 1.807) is 24.3 Å². The fourth-order valence-electron chi connectivity index (χ4n) is 3.77. The minimum atomic E-state index is -0.284. The van der Waals surface area contributed by atoms with Crippen molar-refractivity contribution in [2.24, 2.45) is 0 Å². The third-order valence-corrected chi connectivity index (χ3v) is 5.58. The molecule has 33 heavy (non-hydrogen) atoms. The molecule has 0 aromatic heterocycles. The first-order chi connectivity index (χ1) is 15.8. The lowest BCUT2D eigenvalue weighted by Gasteiger charge is -2.35. The van der Waals surface area contributed by atoms with Crippen LogP contribution < -0.4 is 14.8 Å². The molecule has 2 unspecified atom stereocenters. The summed E-state index contributed by atoms with van der Waals surface area (Å²) < 4.78 is 16.7. The summed E-state index contributed by atoms with van der Waals surface area (Å²) in [6.07, 6.45) is 0.870. The van der Waals surface area contributed by atoms with Gasteiger partial charge in [-0.3, -0.25) is 9.59 Å². The summed E-state index contributed by atoms with van der Waals surface area (Å²) in [5, 5.41) is 3.20. The van der Waals surface area contributed by atoms with Crippen LogP contribution in [-0.2, 0) is 11.3 Å². The molecule has 2 amide bonds. The van der Waals surface area contributed by atoms with Gasteiger partial charge in [0.1, 0.15) is 0 Å². The van der Waals surface area contributed by atoms with Crippen molar-refractivity contribution in [3.8, 4) is 11.5 Å². The molecule has 8 heteroatoms. The van der Waals surface area contributed by atoms with Gasteiger partial charge in [-0.25, -0.2) is 0 Å². The molecule has 3 rings (SSSR count). The smallest absolute Gasteiger partial charge is 0.254 e. The third-order valence-electron chi connectivity index (χ3n) is 5.30. The van der Waals surface area contributed by atoms with Crippen LogP contribution in [0, 0.1) is 0 Å². The maximum Gasteiger partial charge on any atom is 0.254 e. The van der Waals surface area contributed by atoms with Crippen LogP contribution in [0.25, 0.3) is 0 Å². The van der Waals surface area contributed by atoms with E-state index in [4.69, 9.17) is 25.8 Å². The standard InChI is InChI=1S/C25H31ClN2O5/c1-5-10-32-23-21(26)11-20(12-22(23)31-4)24(29)27-13-18-6-8-19(9-7-18)25(30)28-14-16(2)33-17(3)15-28/h6-9,11-12,16-17H,5,10,13-15H2,1-4H3,(H,27,29). The molecule has 2 aromatic rings. The number of benzene rings is 2. The molecule has 1 N–H and O–H groups in total. The third kappa shape index (κ3) is 6.39. The second kappa shape index (κ2) is 11.4. The van der Waals surface area contributed by atoms with E-state index in [2.05, 4.69) is 5.32 Å². The number of nitrogens with one attached hydrogen (secondary N) is 1. The number of methoxy groups -OCH3 is 1. The first-order valence-electron chi connectivity index (χ1n) is 11.1. The number of nitrogens with zero attached hydrogens (tertiary/aromatic N) is 1. The van der Waals surface area contributed by atoms with Crippen molar-refractivity contribution < 1.29 is 23.8 Å². The number of rotatable bonds is 8. The molecular formula is C25H31ClN2O5. The van der Waals surface area contributed by atoms with Crippen LogP contribution in [0.1, 0.15) is 53.5 Å². The lowest BCUT2D eigenvalue weighted by molar-refractivity contribution is -0.0586. The summed E-state index contributed by atoms with van der Waals surface area (Å²) in [6, 6.07) is 10.4. The normalized spacial score (nSPS) is 18.0. The predicted molar refractivity (Wildman–Crippen MR) is 127 cm³/mol. The average molecular weight is 475 g/mol. The van der Waals surface area contributed by atoms with Crippen molar-refractivity contribution in [2.75, 3.05) is 26.8 Å². The lowest BCUT2D eigenvalue weighted by atomic mass is 10.1. The maximum atomic E-state index is 12.8. The van der Waals surface area contributed by atoms with Crippen LogP contribution in [-0.4, -0.2) is 55.7 Å². The molecule has 1 heterocycles. The Labute approximate surface area is 200 Å². The van der Waals surface area contributed by atoms with Crippen molar-refractivity contribution in [3.63, 3.8) is 0 Å². The van der Waals surface area contributed by atoms with Gasteiger partial charge in [-0.1, -0.05) is 30.7 Å². The van der Waals surface area contributed by atoms with Gasteiger partial charge in [0.15, 0.2) is 11.5 Å². The van der Waals surface area contributed by atoms with Crippen LogP contribution in [0.4, 0.5) is 0 Å². The minimum Gasteiger partial charge on any atom is -0.493 e. The Hall–Kier alpha value is -2.77. The van der Waals surface area contributed by atoms with Crippen molar-refractivity contribution in [2.45, 2.75) is 45.9 Å². The highest BCUT2D eigenvalue weighted by atomic mass is 35.5. The monoisotopic (exact) mass is 474 g/mol. The van der Waals surface area contributed by atoms with Gasteiger partial charge >= 0.3 is 0 Å². The maximum absolute atomic E-state index is 12.8. The second-order valence-corrected chi connectivity index (χ2v) is 8.59. The van der Waals surface area contributed by atoms with Gasteiger partial charge in [-0.05, 0) is 50.1 Å². The van der Waals surface area contributed by atoms with Crippen molar-refractivity contribution in [1.82, 2.24) is 10.2 Å². The zero-order chi connectivity index (χ0) is 24.0. The summed E-state index contributed by atoms with van der Waals surface area (Å²) in [4.78, 5) is 27.3. The summed E-state index contributed by atoms with van der Waals surface area (Å²) in [5.74, 6) is 0.547. The summed E-state index contributed by atoms with van der Waals surface area (Å²) >= 11 is 6.31. The van der Waals surface area contributed by atoms with Gasteiger partial charge < -0.3 is 24.4 Å². The van der Waals surface area contributed by atoms with Gasteiger partial charge in [0, 0.05) is 30.8 Å². The predicted octanol–water partition coefficient (Wildman–Crippen LogP) is 4.32. The van der Waals surface area contributed by atoms with E-state index in [1.165, 1.54) is 7.11 Å². The SMILES string of the molecule is CCCOc1c(Cl)cc(C(=O)NCc2ccc(C(=O)N3CC(C)OC(C)C3)cc2)cc1OC. The molecule has 1 fully saturated rings. The lowest BCUT2D eigenvalue weighted by Crippen LogP contribution is -2.48. The van der Waals surface area contributed by atoms with Gasteiger partial charge in [0.2, 0.25) is 0 Å². The molecule has 2 aromatic carbocycles. The fraction of sp³-hybridized carbons (Fsp3) is 0.440. The van der Waals surface area contributed by atoms with Crippen molar-refractivity contribution >= 4 is 23.4 Å². The number of hydrogen-bond donors (Lipinski definition) is 1. The molecule has 0 spiro atoms. The van der Waals surface area contributed by atoms with E-state index in [1.807, 2.05) is 37.8 Å². The van der Waals surface area contributed by atoms with Crippen LogP contribution in [0.3, 0.4) is 0 Å². The molecule has 1 aliphatic rings.